The van der Waals surface area contributed by atoms with E-state index in [1.165, 1.54) is 24.8 Å². The molecule has 3 rings (SSSR count). The second-order valence-electron chi connectivity index (χ2n) is 4.03. The zero-order valence-corrected chi connectivity index (χ0v) is 7.46. The second kappa shape index (κ2) is 2.41. The van der Waals surface area contributed by atoms with Crippen LogP contribution in [-0.2, 0) is 0 Å². The fourth-order valence-electron chi connectivity index (χ4n) is 2.71. The number of nitrogens with one attached hydrogen (secondary N) is 1. The van der Waals surface area contributed by atoms with Crippen molar-refractivity contribution < 1.29 is 5.11 Å². The zero-order valence-electron chi connectivity index (χ0n) is 7.46. The van der Waals surface area contributed by atoms with Crippen molar-refractivity contribution in [1.29, 1.82) is 0 Å². The average molecular weight is 175 g/mol. The third-order valence-corrected chi connectivity index (χ3v) is 3.32. The van der Waals surface area contributed by atoms with Gasteiger partial charge in [0, 0.05) is 12.0 Å². The number of hydrogen-bond acceptors (Lipinski definition) is 2. The van der Waals surface area contributed by atoms with Crippen LogP contribution in [0, 0.1) is 0 Å². The molecule has 1 fully saturated rings. The lowest BCUT2D eigenvalue weighted by Crippen LogP contribution is -2.13. The predicted octanol–water partition coefficient (Wildman–Crippen LogP) is 2.45. The first-order valence-electron chi connectivity index (χ1n) is 4.94. The molecular weight excluding hydrogens is 162 g/mol. The van der Waals surface area contributed by atoms with Gasteiger partial charge in [-0.05, 0) is 24.5 Å². The van der Waals surface area contributed by atoms with E-state index in [0.717, 1.165) is 5.69 Å². The number of phenols is 1. The summed E-state index contributed by atoms with van der Waals surface area (Å²) in [6.45, 7) is 0. The topological polar surface area (TPSA) is 32.3 Å². The zero-order chi connectivity index (χ0) is 8.84. The van der Waals surface area contributed by atoms with Gasteiger partial charge in [-0.15, -0.1) is 0 Å². The molecule has 68 valence electrons. The van der Waals surface area contributed by atoms with Crippen molar-refractivity contribution in [2.24, 2.45) is 0 Å². The Labute approximate surface area is 77.6 Å². The van der Waals surface area contributed by atoms with E-state index < -0.39 is 0 Å². The van der Waals surface area contributed by atoms with Gasteiger partial charge in [0.2, 0.25) is 0 Å². The van der Waals surface area contributed by atoms with Gasteiger partial charge < -0.3 is 10.4 Å². The van der Waals surface area contributed by atoms with E-state index in [-0.39, 0.29) is 0 Å². The van der Waals surface area contributed by atoms with E-state index >= 15 is 0 Å². The normalized spacial score (nSPS) is 29.5. The quantitative estimate of drug-likeness (QED) is 0.593. The molecule has 2 nitrogen and oxygen atoms in total. The minimum atomic E-state index is 0.409. The largest absolute Gasteiger partial charge is 0.506 e. The fraction of sp³-hybridized carbons (Fsp3) is 0.455. The van der Waals surface area contributed by atoms with Gasteiger partial charge in [-0.1, -0.05) is 18.6 Å². The maximum Gasteiger partial charge on any atom is 0.138 e. The van der Waals surface area contributed by atoms with Crippen LogP contribution in [0.25, 0.3) is 0 Å². The number of aromatic hydroxyl groups is 1. The predicted molar refractivity (Wildman–Crippen MR) is 52.1 cm³/mol. The molecule has 1 aliphatic carbocycles. The van der Waals surface area contributed by atoms with Crippen molar-refractivity contribution in [3.05, 3.63) is 23.8 Å². The highest BCUT2D eigenvalue weighted by Gasteiger charge is 2.36. The molecule has 0 aromatic heterocycles. The Balaban J connectivity index is 2.12. The smallest absolute Gasteiger partial charge is 0.138 e. The molecule has 0 amide bonds. The number of phenolic OH excluding ortho intramolecular Hbond substituents is 1. The van der Waals surface area contributed by atoms with Gasteiger partial charge in [-0.3, -0.25) is 0 Å². The van der Waals surface area contributed by atoms with Crippen LogP contribution < -0.4 is 5.32 Å². The molecule has 13 heavy (non-hydrogen) atoms. The highest BCUT2D eigenvalue weighted by atomic mass is 16.3. The number of hydrogen-bond donors (Lipinski definition) is 2. The van der Waals surface area contributed by atoms with Crippen molar-refractivity contribution in [3.8, 4) is 5.75 Å². The molecule has 2 atom stereocenters. The molecule has 1 aromatic carbocycles. The minimum absolute atomic E-state index is 0.409. The van der Waals surface area contributed by atoms with Gasteiger partial charge >= 0.3 is 0 Å². The molecule has 0 saturated heterocycles. The van der Waals surface area contributed by atoms with Crippen molar-refractivity contribution in [2.75, 3.05) is 5.32 Å². The van der Waals surface area contributed by atoms with Crippen molar-refractivity contribution in [3.63, 3.8) is 0 Å². The van der Waals surface area contributed by atoms with Crippen LogP contribution >= 0.6 is 0 Å². The van der Waals surface area contributed by atoms with Gasteiger partial charge in [0.05, 0.1) is 5.69 Å². The second-order valence-corrected chi connectivity index (χ2v) is 4.03. The summed E-state index contributed by atoms with van der Waals surface area (Å²) in [6.07, 6.45) is 3.84. The first-order valence-corrected chi connectivity index (χ1v) is 4.94. The number of fused-ring (bicyclic) bond motifs is 3. The van der Waals surface area contributed by atoms with Crippen LogP contribution in [0.5, 0.6) is 5.75 Å². The number of anilines is 1. The lowest BCUT2D eigenvalue weighted by atomic mass is 9.97. The summed E-state index contributed by atoms with van der Waals surface area (Å²) >= 11 is 0. The molecule has 0 spiro atoms. The number of rotatable bonds is 0. The van der Waals surface area contributed by atoms with Crippen molar-refractivity contribution >= 4 is 5.69 Å². The van der Waals surface area contributed by atoms with Gasteiger partial charge in [-0.25, -0.2) is 0 Å². The SMILES string of the molecule is Oc1cccc2c1NC1CCCC21. The van der Waals surface area contributed by atoms with Crippen LogP contribution in [0.2, 0.25) is 0 Å². The van der Waals surface area contributed by atoms with E-state index in [9.17, 15) is 5.11 Å². The van der Waals surface area contributed by atoms with E-state index in [1.54, 1.807) is 6.07 Å². The Morgan fingerprint density at radius 3 is 3.15 bits per heavy atom. The molecule has 0 bridgehead atoms. The number of para-hydroxylation sites is 1. The van der Waals surface area contributed by atoms with Gasteiger partial charge in [0.1, 0.15) is 5.75 Å². The van der Waals surface area contributed by atoms with Gasteiger partial charge in [-0.2, -0.15) is 0 Å². The Hall–Kier alpha value is -1.18. The maximum atomic E-state index is 9.62. The van der Waals surface area contributed by atoms with Crippen LogP contribution in [0.3, 0.4) is 0 Å². The van der Waals surface area contributed by atoms with Gasteiger partial charge in [0.15, 0.2) is 0 Å². The van der Waals surface area contributed by atoms with Gasteiger partial charge in [0.25, 0.3) is 0 Å². The molecule has 1 heterocycles. The molecule has 0 radical (unpaired) electrons. The third-order valence-electron chi connectivity index (χ3n) is 3.32. The molecule has 1 aliphatic heterocycles. The molecule has 2 aliphatic rings. The van der Waals surface area contributed by atoms with E-state index in [4.69, 9.17) is 0 Å². The standard InChI is InChI=1S/C11H13NO/c13-10-6-2-4-8-7-3-1-5-9(7)12-11(8)10/h2,4,6-7,9,12-13H,1,3,5H2. The molecule has 1 saturated carbocycles. The van der Waals surface area contributed by atoms with Crippen LogP contribution in [0.4, 0.5) is 5.69 Å². The first kappa shape index (κ1) is 7.25. The molecule has 2 N–H and O–H groups in total. The highest BCUT2D eigenvalue weighted by molar-refractivity contribution is 5.67. The van der Waals surface area contributed by atoms with E-state index in [2.05, 4.69) is 11.4 Å². The fourth-order valence-corrected chi connectivity index (χ4v) is 2.71. The van der Waals surface area contributed by atoms with Crippen molar-refractivity contribution in [1.82, 2.24) is 0 Å². The highest BCUT2D eigenvalue weighted by Crippen LogP contribution is 2.48. The van der Waals surface area contributed by atoms with Crippen LogP contribution in [0.1, 0.15) is 30.7 Å². The van der Waals surface area contributed by atoms with Crippen LogP contribution in [0.15, 0.2) is 18.2 Å². The minimum Gasteiger partial charge on any atom is -0.506 e. The summed E-state index contributed by atoms with van der Waals surface area (Å²) in [5.74, 6) is 1.06. The Kier molecular flexibility index (Phi) is 1.34. The Morgan fingerprint density at radius 1 is 1.31 bits per heavy atom. The average Bonchev–Trinajstić information content (AvgIpc) is 2.65. The molecular formula is C11H13NO. The summed E-state index contributed by atoms with van der Waals surface area (Å²) in [4.78, 5) is 0. The summed E-state index contributed by atoms with van der Waals surface area (Å²) in [7, 11) is 0. The lowest BCUT2D eigenvalue weighted by molar-refractivity contribution is 0.477. The summed E-state index contributed by atoms with van der Waals surface area (Å²) < 4.78 is 0. The van der Waals surface area contributed by atoms with E-state index in [0.29, 0.717) is 17.7 Å². The summed E-state index contributed by atoms with van der Waals surface area (Å²) in [5, 5.41) is 13.0. The number of benzene rings is 1. The van der Waals surface area contributed by atoms with Crippen molar-refractivity contribution in [2.45, 2.75) is 31.2 Å². The molecule has 2 heteroatoms. The molecule has 1 aromatic rings. The lowest BCUT2D eigenvalue weighted by Gasteiger charge is -2.08. The Morgan fingerprint density at radius 2 is 2.23 bits per heavy atom. The molecule has 2 unspecified atom stereocenters. The summed E-state index contributed by atoms with van der Waals surface area (Å²) in [5.41, 5.74) is 2.31. The maximum absolute atomic E-state index is 9.62. The van der Waals surface area contributed by atoms with E-state index in [1.807, 2.05) is 6.07 Å². The first-order chi connectivity index (χ1) is 6.36. The van der Waals surface area contributed by atoms with Crippen LogP contribution in [-0.4, -0.2) is 11.1 Å². The third kappa shape index (κ3) is 0.886. The summed E-state index contributed by atoms with van der Waals surface area (Å²) in [6, 6.07) is 6.42. The monoisotopic (exact) mass is 175 g/mol. The Bertz CT molecular complexity index is 348.